The fourth-order valence-electron chi connectivity index (χ4n) is 1.10. The molecule has 0 aromatic rings. The highest BCUT2D eigenvalue weighted by Crippen LogP contribution is 2.32. The maximum Gasteiger partial charge on any atom is 0.277 e. The zero-order valence-electron chi connectivity index (χ0n) is 6.83. The number of hydrogen-bond acceptors (Lipinski definition) is 3. The SMILES string of the molecule is CON(C)C(=O)C1(O)CCC1. The Kier molecular flexibility index (Phi) is 2.15. The highest BCUT2D eigenvalue weighted by molar-refractivity contribution is 5.84. The number of amides is 1. The molecule has 1 aliphatic rings. The largest absolute Gasteiger partial charge is 0.380 e. The van der Waals surface area contributed by atoms with Gasteiger partial charge in [0.1, 0.15) is 5.60 Å². The predicted octanol–water partition coefficient (Wildman–Crippen LogP) is -0.0788. The van der Waals surface area contributed by atoms with Gasteiger partial charge in [-0.2, -0.15) is 0 Å². The van der Waals surface area contributed by atoms with E-state index < -0.39 is 5.60 Å². The van der Waals surface area contributed by atoms with E-state index in [0.717, 1.165) is 11.5 Å². The van der Waals surface area contributed by atoms with Crippen molar-refractivity contribution in [1.82, 2.24) is 5.06 Å². The van der Waals surface area contributed by atoms with Crippen LogP contribution in [0.15, 0.2) is 0 Å². The lowest BCUT2D eigenvalue weighted by molar-refractivity contribution is -0.196. The zero-order chi connectivity index (χ0) is 8.48. The van der Waals surface area contributed by atoms with Gasteiger partial charge in [-0.1, -0.05) is 0 Å². The Labute approximate surface area is 65.7 Å². The van der Waals surface area contributed by atoms with Crippen molar-refractivity contribution < 1.29 is 14.7 Å². The Balaban J connectivity index is 2.52. The van der Waals surface area contributed by atoms with E-state index in [0.29, 0.717) is 12.8 Å². The Hall–Kier alpha value is -0.610. The lowest BCUT2D eigenvalue weighted by Gasteiger charge is -2.36. The summed E-state index contributed by atoms with van der Waals surface area (Å²) < 4.78 is 0. The van der Waals surface area contributed by atoms with Crippen LogP contribution in [0.3, 0.4) is 0 Å². The van der Waals surface area contributed by atoms with E-state index in [1.165, 1.54) is 14.2 Å². The van der Waals surface area contributed by atoms with Gasteiger partial charge in [0, 0.05) is 7.05 Å². The smallest absolute Gasteiger partial charge is 0.277 e. The molecular weight excluding hydrogens is 146 g/mol. The van der Waals surface area contributed by atoms with Crippen LogP contribution in [0, 0.1) is 0 Å². The maximum atomic E-state index is 11.2. The van der Waals surface area contributed by atoms with Gasteiger partial charge in [0.25, 0.3) is 5.91 Å². The molecule has 1 rings (SSSR count). The van der Waals surface area contributed by atoms with Crippen LogP contribution in [0.2, 0.25) is 0 Å². The van der Waals surface area contributed by atoms with Gasteiger partial charge in [-0.15, -0.1) is 0 Å². The summed E-state index contributed by atoms with van der Waals surface area (Å²) in [6.45, 7) is 0. The van der Waals surface area contributed by atoms with E-state index in [4.69, 9.17) is 0 Å². The van der Waals surface area contributed by atoms with Crippen LogP contribution in [0.1, 0.15) is 19.3 Å². The van der Waals surface area contributed by atoms with E-state index in [9.17, 15) is 9.90 Å². The number of hydrogen-bond donors (Lipinski definition) is 1. The summed E-state index contributed by atoms with van der Waals surface area (Å²) in [7, 11) is 2.90. The van der Waals surface area contributed by atoms with Crippen molar-refractivity contribution >= 4 is 5.91 Å². The second-order valence-electron chi connectivity index (χ2n) is 2.87. The molecule has 0 spiro atoms. The predicted molar refractivity (Wildman–Crippen MR) is 38.6 cm³/mol. The molecule has 4 nitrogen and oxygen atoms in total. The van der Waals surface area contributed by atoms with Crippen molar-refractivity contribution in [2.24, 2.45) is 0 Å². The molecule has 0 aromatic carbocycles. The standard InChI is InChI=1S/C7H13NO3/c1-8(11-2)6(9)7(10)4-3-5-7/h10H,3-5H2,1-2H3. The first-order chi connectivity index (χ1) is 5.10. The molecule has 1 amide bonds. The lowest BCUT2D eigenvalue weighted by Crippen LogP contribution is -2.51. The zero-order valence-corrected chi connectivity index (χ0v) is 6.83. The summed E-state index contributed by atoms with van der Waals surface area (Å²) in [4.78, 5) is 15.9. The molecule has 0 saturated heterocycles. The summed E-state index contributed by atoms with van der Waals surface area (Å²) >= 11 is 0. The first kappa shape index (κ1) is 8.49. The van der Waals surface area contributed by atoms with Gasteiger partial charge in [-0.3, -0.25) is 9.63 Å². The fraction of sp³-hybridized carbons (Fsp3) is 0.857. The average molecular weight is 159 g/mol. The third-order valence-electron chi connectivity index (χ3n) is 2.14. The van der Waals surface area contributed by atoms with E-state index in [2.05, 4.69) is 4.84 Å². The van der Waals surface area contributed by atoms with Gasteiger partial charge < -0.3 is 5.11 Å². The summed E-state index contributed by atoms with van der Waals surface area (Å²) in [5.74, 6) is -0.341. The van der Waals surface area contributed by atoms with Crippen molar-refractivity contribution in [3.05, 3.63) is 0 Å². The van der Waals surface area contributed by atoms with Gasteiger partial charge in [0.05, 0.1) is 7.11 Å². The van der Waals surface area contributed by atoms with Gasteiger partial charge in [-0.25, -0.2) is 5.06 Å². The van der Waals surface area contributed by atoms with Crippen LogP contribution in [0.4, 0.5) is 0 Å². The quantitative estimate of drug-likeness (QED) is 0.573. The topological polar surface area (TPSA) is 49.8 Å². The van der Waals surface area contributed by atoms with Crippen LogP contribution in [0.25, 0.3) is 0 Å². The maximum absolute atomic E-state index is 11.2. The molecule has 0 aliphatic heterocycles. The molecule has 0 atom stereocenters. The molecular formula is C7H13NO3. The highest BCUT2D eigenvalue weighted by Gasteiger charge is 2.43. The minimum Gasteiger partial charge on any atom is -0.380 e. The normalized spacial score (nSPS) is 20.6. The highest BCUT2D eigenvalue weighted by atomic mass is 16.7. The van der Waals surface area contributed by atoms with Crippen LogP contribution in [-0.4, -0.2) is 35.8 Å². The molecule has 0 bridgehead atoms. The molecule has 0 aromatic heterocycles. The minimum absolute atomic E-state index is 0.341. The number of hydroxylamine groups is 2. The monoisotopic (exact) mass is 159 g/mol. The average Bonchev–Trinajstić information content (AvgIpc) is 1.97. The third kappa shape index (κ3) is 1.36. The van der Waals surface area contributed by atoms with Crippen LogP contribution in [-0.2, 0) is 9.63 Å². The van der Waals surface area contributed by atoms with Gasteiger partial charge in [-0.05, 0) is 19.3 Å². The van der Waals surface area contributed by atoms with E-state index >= 15 is 0 Å². The van der Waals surface area contributed by atoms with Crippen molar-refractivity contribution in [2.45, 2.75) is 24.9 Å². The van der Waals surface area contributed by atoms with E-state index in [1.807, 2.05) is 0 Å². The van der Waals surface area contributed by atoms with Crippen molar-refractivity contribution in [3.63, 3.8) is 0 Å². The molecule has 0 radical (unpaired) electrons. The second-order valence-corrected chi connectivity index (χ2v) is 2.87. The van der Waals surface area contributed by atoms with Crippen molar-refractivity contribution in [3.8, 4) is 0 Å². The summed E-state index contributed by atoms with van der Waals surface area (Å²) in [5, 5.41) is 10.6. The number of carbonyl (C=O) groups is 1. The molecule has 0 unspecified atom stereocenters. The molecule has 1 fully saturated rings. The number of nitrogens with zero attached hydrogens (tertiary/aromatic N) is 1. The Bertz CT molecular complexity index is 165. The molecule has 64 valence electrons. The first-order valence-corrected chi connectivity index (χ1v) is 3.65. The molecule has 1 saturated carbocycles. The van der Waals surface area contributed by atoms with Crippen molar-refractivity contribution in [2.75, 3.05) is 14.2 Å². The van der Waals surface area contributed by atoms with Crippen LogP contribution < -0.4 is 0 Å². The van der Waals surface area contributed by atoms with Gasteiger partial charge >= 0.3 is 0 Å². The van der Waals surface area contributed by atoms with Gasteiger partial charge in [0.15, 0.2) is 0 Å². The lowest BCUT2D eigenvalue weighted by atomic mass is 9.79. The number of aliphatic hydroxyl groups is 1. The summed E-state index contributed by atoms with van der Waals surface area (Å²) in [6, 6.07) is 0. The first-order valence-electron chi connectivity index (χ1n) is 3.65. The fourth-order valence-corrected chi connectivity index (χ4v) is 1.10. The molecule has 0 heterocycles. The molecule has 4 heteroatoms. The van der Waals surface area contributed by atoms with Gasteiger partial charge in [0.2, 0.25) is 0 Å². The van der Waals surface area contributed by atoms with E-state index in [-0.39, 0.29) is 5.91 Å². The van der Waals surface area contributed by atoms with Crippen molar-refractivity contribution in [1.29, 1.82) is 0 Å². The minimum atomic E-state index is -1.13. The van der Waals surface area contributed by atoms with Crippen LogP contribution >= 0.6 is 0 Å². The summed E-state index contributed by atoms with van der Waals surface area (Å²) in [6.07, 6.45) is 2.03. The molecule has 11 heavy (non-hydrogen) atoms. The Morgan fingerprint density at radius 1 is 1.64 bits per heavy atom. The number of likely N-dealkylation sites (N-methyl/N-ethyl adjacent to an activating group) is 1. The number of rotatable bonds is 2. The van der Waals surface area contributed by atoms with Crippen LogP contribution in [0.5, 0.6) is 0 Å². The summed E-state index contributed by atoms with van der Waals surface area (Å²) in [5.41, 5.74) is -1.13. The Morgan fingerprint density at radius 2 is 2.18 bits per heavy atom. The Morgan fingerprint density at radius 3 is 2.45 bits per heavy atom. The second kappa shape index (κ2) is 2.79. The molecule has 1 aliphatic carbocycles. The number of carbonyl (C=O) groups excluding carboxylic acids is 1. The molecule has 1 N–H and O–H groups in total. The van der Waals surface area contributed by atoms with E-state index in [1.54, 1.807) is 0 Å². The third-order valence-corrected chi connectivity index (χ3v) is 2.14.